The fourth-order valence-corrected chi connectivity index (χ4v) is 2.82. The van der Waals surface area contributed by atoms with Crippen LogP contribution in [0.2, 0.25) is 0 Å². The molecule has 0 aliphatic carbocycles. The van der Waals surface area contributed by atoms with Gasteiger partial charge in [0, 0.05) is 19.6 Å². The molecule has 120 valence electrons. The highest BCUT2D eigenvalue weighted by molar-refractivity contribution is 5.94. The van der Waals surface area contributed by atoms with Crippen LogP contribution in [-0.2, 0) is 11.3 Å². The maximum atomic E-state index is 13.7. The van der Waals surface area contributed by atoms with E-state index in [-0.39, 0.29) is 5.56 Å². The summed E-state index contributed by atoms with van der Waals surface area (Å²) in [6, 6.07) is 12.5. The van der Waals surface area contributed by atoms with E-state index in [1.54, 1.807) is 6.07 Å². The largest absolute Gasteiger partial charge is 0.379 e. The van der Waals surface area contributed by atoms with Crippen LogP contribution in [0.1, 0.15) is 15.9 Å². The number of benzene rings is 2. The second kappa shape index (κ2) is 6.89. The van der Waals surface area contributed by atoms with Gasteiger partial charge in [0.25, 0.3) is 5.91 Å². The fourth-order valence-electron chi connectivity index (χ4n) is 2.82. The summed E-state index contributed by atoms with van der Waals surface area (Å²) >= 11 is 0. The number of rotatable bonds is 4. The van der Waals surface area contributed by atoms with Crippen molar-refractivity contribution in [3.63, 3.8) is 0 Å². The number of carbonyl (C=O) groups excluding carboxylic acids is 1. The van der Waals surface area contributed by atoms with Crippen molar-refractivity contribution in [3.8, 4) is 11.1 Å². The molecule has 2 aromatic rings. The van der Waals surface area contributed by atoms with Crippen molar-refractivity contribution in [2.45, 2.75) is 6.54 Å². The molecular weight excluding hydrogens is 295 g/mol. The van der Waals surface area contributed by atoms with Gasteiger partial charge >= 0.3 is 0 Å². The molecule has 0 bridgehead atoms. The maximum absolute atomic E-state index is 13.7. The van der Waals surface area contributed by atoms with Crippen LogP contribution in [0.3, 0.4) is 0 Å². The molecule has 1 aliphatic heterocycles. The molecule has 0 unspecified atom stereocenters. The van der Waals surface area contributed by atoms with Gasteiger partial charge in [-0.25, -0.2) is 4.39 Å². The van der Waals surface area contributed by atoms with Crippen LogP contribution < -0.4 is 5.73 Å². The molecule has 2 N–H and O–H groups in total. The predicted molar refractivity (Wildman–Crippen MR) is 86.4 cm³/mol. The van der Waals surface area contributed by atoms with Crippen molar-refractivity contribution in [1.82, 2.24) is 4.90 Å². The van der Waals surface area contributed by atoms with Crippen molar-refractivity contribution in [2.24, 2.45) is 5.73 Å². The van der Waals surface area contributed by atoms with Crippen molar-refractivity contribution in [2.75, 3.05) is 26.3 Å². The average molecular weight is 314 g/mol. The summed E-state index contributed by atoms with van der Waals surface area (Å²) in [4.78, 5) is 13.7. The molecule has 3 rings (SSSR count). The van der Waals surface area contributed by atoms with E-state index in [4.69, 9.17) is 10.5 Å². The van der Waals surface area contributed by atoms with Crippen molar-refractivity contribution in [3.05, 3.63) is 59.4 Å². The van der Waals surface area contributed by atoms with Crippen LogP contribution in [-0.4, -0.2) is 37.1 Å². The first-order chi connectivity index (χ1) is 11.1. The molecule has 0 aromatic heterocycles. The van der Waals surface area contributed by atoms with Gasteiger partial charge in [0.1, 0.15) is 5.82 Å². The zero-order chi connectivity index (χ0) is 16.2. The Bertz CT molecular complexity index is 712. The van der Waals surface area contributed by atoms with Gasteiger partial charge < -0.3 is 10.5 Å². The minimum atomic E-state index is -0.755. The number of hydrogen-bond acceptors (Lipinski definition) is 3. The third-order valence-corrected chi connectivity index (χ3v) is 4.06. The Morgan fingerprint density at radius 3 is 2.65 bits per heavy atom. The molecule has 1 amide bonds. The first kappa shape index (κ1) is 15.6. The van der Waals surface area contributed by atoms with E-state index in [1.807, 2.05) is 18.2 Å². The number of carbonyl (C=O) groups is 1. The van der Waals surface area contributed by atoms with E-state index in [9.17, 15) is 9.18 Å². The summed E-state index contributed by atoms with van der Waals surface area (Å²) in [7, 11) is 0. The lowest BCUT2D eigenvalue weighted by atomic mass is 9.97. The Morgan fingerprint density at radius 2 is 1.91 bits per heavy atom. The summed E-state index contributed by atoms with van der Waals surface area (Å²) < 4.78 is 19.1. The lowest BCUT2D eigenvalue weighted by molar-refractivity contribution is 0.0342. The van der Waals surface area contributed by atoms with Crippen molar-refractivity contribution in [1.29, 1.82) is 0 Å². The lowest BCUT2D eigenvalue weighted by Crippen LogP contribution is -2.35. The van der Waals surface area contributed by atoms with Gasteiger partial charge in [-0.1, -0.05) is 30.3 Å². The lowest BCUT2D eigenvalue weighted by Gasteiger charge is -2.27. The maximum Gasteiger partial charge on any atom is 0.251 e. The Morgan fingerprint density at radius 1 is 1.17 bits per heavy atom. The standard InChI is InChI=1S/C18H19FN2O2/c19-17-6-5-13(11-16(17)18(20)22)15-4-2-1-3-14(15)12-21-7-9-23-10-8-21/h1-6,11H,7-10,12H2,(H2,20,22). The second-order valence-corrected chi connectivity index (χ2v) is 5.60. The molecule has 23 heavy (non-hydrogen) atoms. The van der Waals surface area contributed by atoms with Gasteiger partial charge in [0.05, 0.1) is 18.8 Å². The van der Waals surface area contributed by atoms with E-state index in [1.165, 1.54) is 12.1 Å². The highest BCUT2D eigenvalue weighted by atomic mass is 19.1. The molecule has 1 heterocycles. The Kier molecular flexibility index (Phi) is 4.69. The molecule has 2 aromatic carbocycles. The summed E-state index contributed by atoms with van der Waals surface area (Å²) in [6.07, 6.45) is 0. The highest BCUT2D eigenvalue weighted by Gasteiger charge is 2.15. The second-order valence-electron chi connectivity index (χ2n) is 5.60. The topological polar surface area (TPSA) is 55.6 Å². The normalized spacial score (nSPS) is 15.5. The van der Waals surface area contributed by atoms with Crippen LogP contribution in [0.15, 0.2) is 42.5 Å². The highest BCUT2D eigenvalue weighted by Crippen LogP contribution is 2.27. The molecule has 1 fully saturated rings. The first-order valence-corrected chi connectivity index (χ1v) is 7.63. The van der Waals surface area contributed by atoms with Gasteiger partial charge in [-0.15, -0.1) is 0 Å². The van der Waals surface area contributed by atoms with E-state index < -0.39 is 11.7 Å². The van der Waals surface area contributed by atoms with E-state index in [0.29, 0.717) is 0 Å². The van der Waals surface area contributed by atoms with Crippen molar-refractivity contribution >= 4 is 5.91 Å². The predicted octanol–water partition coefficient (Wildman–Crippen LogP) is 2.42. The number of amides is 1. The third kappa shape index (κ3) is 3.57. The molecule has 4 nitrogen and oxygen atoms in total. The molecule has 0 saturated carbocycles. The van der Waals surface area contributed by atoms with Gasteiger partial charge in [0.2, 0.25) is 0 Å². The average Bonchev–Trinajstić information content (AvgIpc) is 2.57. The van der Waals surface area contributed by atoms with Gasteiger partial charge in [-0.05, 0) is 28.8 Å². The summed E-state index contributed by atoms with van der Waals surface area (Å²) in [5.74, 6) is -1.35. The monoisotopic (exact) mass is 314 g/mol. The summed E-state index contributed by atoms with van der Waals surface area (Å²) in [5.41, 5.74) is 8.09. The quantitative estimate of drug-likeness (QED) is 0.943. The molecule has 1 saturated heterocycles. The smallest absolute Gasteiger partial charge is 0.251 e. The molecule has 0 radical (unpaired) electrons. The van der Waals surface area contributed by atoms with Gasteiger partial charge in [-0.3, -0.25) is 9.69 Å². The number of primary amides is 1. The molecule has 0 spiro atoms. The van der Waals surface area contributed by atoms with Crippen LogP contribution in [0.25, 0.3) is 11.1 Å². The fraction of sp³-hybridized carbons (Fsp3) is 0.278. The Labute approximate surface area is 134 Å². The van der Waals surface area contributed by atoms with E-state index in [0.717, 1.165) is 49.5 Å². The minimum Gasteiger partial charge on any atom is -0.379 e. The van der Waals surface area contributed by atoms with E-state index >= 15 is 0 Å². The minimum absolute atomic E-state index is 0.0799. The Balaban J connectivity index is 1.93. The number of ether oxygens (including phenoxy) is 1. The Hall–Kier alpha value is -2.24. The molecule has 0 atom stereocenters. The number of hydrogen-bond donors (Lipinski definition) is 1. The van der Waals surface area contributed by atoms with Gasteiger partial charge in [-0.2, -0.15) is 0 Å². The zero-order valence-electron chi connectivity index (χ0n) is 12.8. The van der Waals surface area contributed by atoms with Gasteiger partial charge in [0.15, 0.2) is 0 Å². The van der Waals surface area contributed by atoms with Crippen molar-refractivity contribution < 1.29 is 13.9 Å². The zero-order valence-corrected chi connectivity index (χ0v) is 12.8. The van der Waals surface area contributed by atoms with Crippen LogP contribution in [0.5, 0.6) is 0 Å². The van der Waals surface area contributed by atoms with E-state index in [2.05, 4.69) is 11.0 Å². The SMILES string of the molecule is NC(=O)c1cc(-c2ccccc2CN2CCOCC2)ccc1F. The number of nitrogens with zero attached hydrogens (tertiary/aromatic N) is 1. The first-order valence-electron chi connectivity index (χ1n) is 7.63. The van der Waals surface area contributed by atoms with Crippen LogP contribution in [0.4, 0.5) is 4.39 Å². The number of halogens is 1. The molecule has 5 heteroatoms. The molecular formula is C18H19FN2O2. The third-order valence-electron chi connectivity index (χ3n) is 4.06. The summed E-state index contributed by atoms with van der Waals surface area (Å²) in [5, 5.41) is 0. The number of nitrogens with two attached hydrogens (primary N) is 1. The number of morpholine rings is 1. The van der Waals surface area contributed by atoms with Crippen LogP contribution >= 0.6 is 0 Å². The molecule has 1 aliphatic rings. The van der Waals surface area contributed by atoms with Crippen LogP contribution in [0, 0.1) is 5.82 Å². The summed E-state index contributed by atoms with van der Waals surface area (Å²) in [6.45, 7) is 4.06.